The van der Waals surface area contributed by atoms with Crippen molar-refractivity contribution in [3.8, 4) is 10.6 Å². The van der Waals surface area contributed by atoms with Crippen LogP contribution in [0.1, 0.15) is 36.8 Å². The molecule has 0 bridgehead atoms. The molecule has 0 saturated carbocycles. The SMILES string of the molecule is O=C(Cc1csc(-c2ccccc2)n1)NC[C@@H](c1ccco1)[NH+]1CCCCC1. The molecule has 1 fully saturated rings. The molecule has 4 rings (SSSR count). The normalized spacial score (nSPS) is 16.0. The summed E-state index contributed by atoms with van der Waals surface area (Å²) in [4.78, 5) is 18.7. The molecule has 1 atom stereocenters. The molecule has 3 heterocycles. The van der Waals surface area contributed by atoms with Crippen LogP contribution in [-0.2, 0) is 11.2 Å². The average Bonchev–Trinajstić information content (AvgIpc) is 3.42. The number of carbonyl (C=O) groups excluding carboxylic acids is 1. The highest BCUT2D eigenvalue weighted by atomic mass is 32.1. The van der Waals surface area contributed by atoms with Gasteiger partial charge in [-0.25, -0.2) is 4.98 Å². The van der Waals surface area contributed by atoms with E-state index in [1.807, 2.05) is 47.8 Å². The first-order chi connectivity index (χ1) is 13.8. The number of benzene rings is 1. The lowest BCUT2D eigenvalue weighted by molar-refractivity contribution is -0.936. The van der Waals surface area contributed by atoms with E-state index in [0.717, 1.165) is 35.1 Å². The summed E-state index contributed by atoms with van der Waals surface area (Å²) in [5, 5.41) is 6.04. The second kappa shape index (κ2) is 9.17. The Kier molecular flexibility index (Phi) is 6.19. The van der Waals surface area contributed by atoms with Crippen LogP contribution in [0.3, 0.4) is 0 Å². The predicted octanol–water partition coefficient (Wildman–Crippen LogP) is 2.87. The maximum absolute atomic E-state index is 12.5. The van der Waals surface area contributed by atoms with Crippen LogP contribution >= 0.6 is 11.3 Å². The van der Waals surface area contributed by atoms with Crippen molar-refractivity contribution in [1.82, 2.24) is 10.3 Å². The van der Waals surface area contributed by atoms with E-state index in [1.165, 1.54) is 24.2 Å². The molecule has 2 N–H and O–H groups in total. The van der Waals surface area contributed by atoms with E-state index in [2.05, 4.69) is 10.3 Å². The van der Waals surface area contributed by atoms with Gasteiger partial charge in [-0.1, -0.05) is 30.3 Å². The maximum Gasteiger partial charge on any atom is 0.226 e. The van der Waals surface area contributed by atoms with Gasteiger partial charge in [0.05, 0.1) is 38.0 Å². The number of amides is 1. The van der Waals surface area contributed by atoms with Crippen molar-refractivity contribution in [2.75, 3.05) is 19.6 Å². The van der Waals surface area contributed by atoms with Crippen LogP contribution in [0.15, 0.2) is 58.5 Å². The van der Waals surface area contributed by atoms with Crippen molar-refractivity contribution in [2.24, 2.45) is 0 Å². The highest BCUT2D eigenvalue weighted by molar-refractivity contribution is 7.13. The van der Waals surface area contributed by atoms with Gasteiger partial charge in [0.15, 0.2) is 11.8 Å². The van der Waals surface area contributed by atoms with Gasteiger partial charge in [0.2, 0.25) is 5.91 Å². The number of likely N-dealkylation sites (tertiary alicyclic amines) is 1. The Morgan fingerprint density at radius 3 is 2.71 bits per heavy atom. The zero-order valence-electron chi connectivity index (χ0n) is 15.9. The van der Waals surface area contributed by atoms with Crippen molar-refractivity contribution in [1.29, 1.82) is 0 Å². The van der Waals surface area contributed by atoms with Gasteiger partial charge in [-0.3, -0.25) is 4.79 Å². The van der Waals surface area contributed by atoms with Crippen LogP contribution < -0.4 is 10.2 Å². The molecule has 0 radical (unpaired) electrons. The second-order valence-electron chi connectivity index (χ2n) is 7.28. The van der Waals surface area contributed by atoms with Gasteiger partial charge in [-0.05, 0) is 31.4 Å². The van der Waals surface area contributed by atoms with Crippen molar-refractivity contribution in [3.05, 3.63) is 65.6 Å². The van der Waals surface area contributed by atoms with Gasteiger partial charge in [-0.2, -0.15) is 0 Å². The predicted molar refractivity (Wildman–Crippen MR) is 110 cm³/mol. The first-order valence-corrected chi connectivity index (χ1v) is 10.8. The van der Waals surface area contributed by atoms with Crippen molar-refractivity contribution in [3.63, 3.8) is 0 Å². The highest BCUT2D eigenvalue weighted by Gasteiger charge is 2.28. The molecule has 0 unspecified atom stereocenters. The van der Waals surface area contributed by atoms with Crippen molar-refractivity contribution < 1.29 is 14.1 Å². The lowest BCUT2D eigenvalue weighted by Gasteiger charge is -2.30. The lowest BCUT2D eigenvalue weighted by atomic mass is 10.1. The fourth-order valence-electron chi connectivity index (χ4n) is 3.83. The van der Waals surface area contributed by atoms with Crippen molar-refractivity contribution >= 4 is 17.2 Å². The van der Waals surface area contributed by atoms with Gasteiger partial charge in [-0.15, -0.1) is 11.3 Å². The minimum Gasteiger partial charge on any atom is -0.463 e. The van der Waals surface area contributed by atoms with Crippen LogP contribution in [0.5, 0.6) is 0 Å². The molecule has 3 aromatic rings. The first kappa shape index (κ1) is 18.9. The van der Waals surface area contributed by atoms with E-state index < -0.39 is 0 Å². The Labute approximate surface area is 169 Å². The van der Waals surface area contributed by atoms with E-state index in [4.69, 9.17) is 4.42 Å². The van der Waals surface area contributed by atoms with E-state index in [-0.39, 0.29) is 11.9 Å². The number of carbonyl (C=O) groups is 1. The zero-order valence-corrected chi connectivity index (χ0v) is 16.7. The number of hydrogen-bond acceptors (Lipinski definition) is 4. The third-order valence-electron chi connectivity index (χ3n) is 5.29. The summed E-state index contributed by atoms with van der Waals surface area (Å²) < 4.78 is 5.67. The Morgan fingerprint density at radius 2 is 1.96 bits per heavy atom. The Balaban J connectivity index is 1.35. The standard InChI is InChI=1S/C22H25N3O2S/c26-21(14-18-16-28-22(24-18)17-8-3-1-4-9-17)23-15-19(20-10-7-13-27-20)25-11-5-2-6-12-25/h1,3-4,7-10,13,16,19H,2,5-6,11-12,14-15H2,(H,23,26)/p+1/t19-/m0/s1. The molecular formula is C22H26N3O2S+. The number of thiazole rings is 1. The topological polar surface area (TPSA) is 59.6 Å². The number of piperidine rings is 1. The summed E-state index contributed by atoms with van der Waals surface area (Å²) >= 11 is 1.58. The minimum absolute atomic E-state index is 0.0119. The van der Waals surface area contributed by atoms with Crippen LogP contribution in [0.2, 0.25) is 0 Å². The van der Waals surface area contributed by atoms with Crippen LogP contribution in [0, 0.1) is 0 Å². The molecule has 2 aromatic heterocycles. The quantitative estimate of drug-likeness (QED) is 0.646. The lowest BCUT2D eigenvalue weighted by Crippen LogP contribution is -3.13. The summed E-state index contributed by atoms with van der Waals surface area (Å²) in [5.74, 6) is 0.968. The number of quaternary nitrogens is 1. The number of nitrogens with one attached hydrogen (secondary N) is 2. The molecule has 6 heteroatoms. The number of aromatic nitrogens is 1. The fourth-order valence-corrected chi connectivity index (χ4v) is 4.66. The van der Waals surface area contributed by atoms with Gasteiger partial charge in [0, 0.05) is 10.9 Å². The molecule has 146 valence electrons. The van der Waals surface area contributed by atoms with Crippen LogP contribution in [0.25, 0.3) is 10.6 Å². The summed E-state index contributed by atoms with van der Waals surface area (Å²) in [6.07, 6.45) is 5.80. The molecule has 5 nitrogen and oxygen atoms in total. The van der Waals surface area contributed by atoms with E-state index in [0.29, 0.717) is 13.0 Å². The maximum atomic E-state index is 12.5. The smallest absolute Gasteiger partial charge is 0.226 e. The number of nitrogens with zero attached hydrogens (tertiary/aromatic N) is 1. The molecule has 1 aliphatic rings. The molecule has 1 aromatic carbocycles. The fraction of sp³-hybridized carbons (Fsp3) is 0.364. The Hall–Kier alpha value is -2.44. The van der Waals surface area contributed by atoms with Gasteiger partial charge in [0.25, 0.3) is 0 Å². The number of hydrogen-bond donors (Lipinski definition) is 2. The summed E-state index contributed by atoms with van der Waals surface area (Å²) in [7, 11) is 0. The molecule has 0 aliphatic carbocycles. The summed E-state index contributed by atoms with van der Waals surface area (Å²) in [6, 6.07) is 14.2. The van der Waals surface area contributed by atoms with E-state index in [1.54, 1.807) is 17.6 Å². The van der Waals surface area contributed by atoms with E-state index in [9.17, 15) is 4.79 Å². The monoisotopic (exact) mass is 396 g/mol. The zero-order chi connectivity index (χ0) is 19.2. The summed E-state index contributed by atoms with van der Waals surface area (Å²) in [6.45, 7) is 2.86. The molecule has 28 heavy (non-hydrogen) atoms. The Morgan fingerprint density at radius 1 is 1.14 bits per heavy atom. The number of furan rings is 1. The van der Waals surface area contributed by atoms with Crippen LogP contribution in [-0.4, -0.2) is 30.5 Å². The third-order valence-corrected chi connectivity index (χ3v) is 6.23. The first-order valence-electron chi connectivity index (χ1n) is 9.94. The van der Waals surface area contributed by atoms with Crippen molar-refractivity contribution in [2.45, 2.75) is 31.7 Å². The Bertz CT molecular complexity index is 870. The van der Waals surface area contributed by atoms with Crippen LogP contribution in [0.4, 0.5) is 0 Å². The molecule has 1 amide bonds. The molecule has 1 aliphatic heterocycles. The molecule has 1 saturated heterocycles. The minimum atomic E-state index is 0.0119. The number of rotatable bonds is 7. The van der Waals surface area contributed by atoms with Gasteiger partial charge < -0.3 is 14.6 Å². The summed E-state index contributed by atoms with van der Waals surface area (Å²) in [5.41, 5.74) is 1.91. The van der Waals surface area contributed by atoms with E-state index >= 15 is 0 Å². The second-order valence-corrected chi connectivity index (χ2v) is 8.14. The van der Waals surface area contributed by atoms with Gasteiger partial charge in [0.1, 0.15) is 5.01 Å². The van der Waals surface area contributed by atoms with Gasteiger partial charge >= 0.3 is 0 Å². The highest BCUT2D eigenvalue weighted by Crippen LogP contribution is 2.23. The average molecular weight is 397 g/mol. The molecule has 0 spiro atoms. The third kappa shape index (κ3) is 4.69. The molecular weight excluding hydrogens is 370 g/mol. The largest absolute Gasteiger partial charge is 0.463 e.